The van der Waals surface area contributed by atoms with Gasteiger partial charge in [-0.25, -0.2) is 4.79 Å². The van der Waals surface area contributed by atoms with Gasteiger partial charge in [0, 0.05) is 12.0 Å². The van der Waals surface area contributed by atoms with Gasteiger partial charge in [-0.15, -0.1) is 0 Å². The van der Waals surface area contributed by atoms with Gasteiger partial charge >= 0.3 is 5.97 Å². The Balaban J connectivity index is 1.96. The Kier molecular flexibility index (Phi) is 10.5. The Labute approximate surface area is 194 Å². The minimum atomic E-state index is -1.41. The Bertz CT molecular complexity index is 929. The first kappa shape index (κ1) is 26.0. The van der Waals surface area contributed by atoms with Gasteiger partial charge in [0.05, 0.1) is 25.9 Å². The monoisotopic (exact) mass is 459 g/mol. The third-order valence-electron chi connectivity index (χ3n) is 4.93. The van der Waals surface area contributed by atoms with E-state index in [0.717, 1.165) is 30.4 Å². The van der Waals surface area contributed by atoms with Crippen molar-refractivity contribution in [2.45, 2.75) is 52.2 Å². The number of aliphatic carboxylic acids is 1. The van der Waals surface area contributed by atoms with Crippen molar-refractivity contribution in [1.29, 1.82) is 0 Å². The average Bonchev–Trinajstić information content (AvgIpc) is 2.79. The lowest BCUT2D eigenvalue weighted by atomic mass is 10.0. The van der Waals surface area contributed by atoms with E-state index in [1.54, 1.807) is 24.3 Å². The predicted molar refractivity (Wildman–Crippen MR) is 124 cm³/mol. The quantitative estimate of drug-likeness (QED) is 0.306. The summed E-state index contributed by atoms with van der Waals surface area (Å²) in [5.41, 5.74) is 7.46. The summed E-state index contributed by atoms with van der Waals surface area (Å²) in [6.07, 6.45) is 2.22. The van der Waals surface area contributed by atoms with Crippen molar-refractivity contribution in [2.75, 3.05) is 20.3 Å². The van der Waals surface area contributed by atoms with E-state index in [1.165, 1.54) is 7.11 Å². The summed E-state index contributed by atoms with van der Waals surface area (Å²) >= 11 is 0. The van der Waals surface area contributed by atoms with E-state index in [0.29, 0.717) is 35.7 Å². The number of carboxylic acids is 1. The van der Waals surface area contributed by atoms with Crippen LogP contribution in [-0.4, -0.2) is 43.6 Å². The van der Waals surface area contributed by atoms with Gasteiger partial charge in [0.1, 0.15) is 17.2 Å². The lowest BCUT2D eigenvalue weighted by Gasteiger charge is -2.19. The number of carboxylic acid groups (broad SMARTS) is 1. The first-order valence-corrected chi connectivity index (χ1v) is 11.1. The first-order chi connectivity index (χ1) is 15.9. The molecular weight excluding hydrogens is 426 g/mol. The fourth-order valence-electron chi connectivity index (χ4n) is 3.46. The first-order valence-electron chi connectivity index (χ1n) is 11.1. The Hall–Kier alpha value is -3.26. The summed E-state index contributed by atoms with van der Waals surface area (Å²) in [7, 11) is 1.49. The SMILES string of the molecule is CCCc1ccccc1OC(OCCCOc1ccc(C(N)=O)c(OC)c1CCC)C(=O)O. The zero-order valence-electron chi connectivity index (χ0n) is 19.5. The van der Waals surface area contributed by atoms with Crippen molar-refractivity contribution in [3.63, 3.8) is 0 Å². The van der Waals surface area contributed by atoms with Crippen LogP contribution in [0, 0.1) is 0 Å². The number of rotatable bonds is 15. The maximum Gasteiger partial charge on any atom is 0.373 e. The molecule has 0 aromatic heterocycles. The zero-order valence-corrected chi connectivity index (χ0v) is 19.5. The number of ether oxygens (including phenoxy) is 4. The molecule has 0 aliphatic rings. The second-order valence-corrected chi connectivity index (χ2v) is 7.46. The van der Waals surface area contributed by atoms with E-state index in [4.69, 9.17) is 24.7 Å². The number of carbonyl (C=O) groups is 2. The van der Waals surface area contributed by atoms with Crippen LogP contribution >= 0.6 is 0 Å². The topological polar surface area (TPSA) is 117 Å². The highest BCUT2D eigenvalue weighted by molar-refractivity contribution is 5.96. The maximum atomic E-state index is 11.7. The fraction of sp³-hybridized carbons (Fsp3) is 0.440. The highest BCUT2D eigenvalue weighted by Crippen LogP contribution is 2.33. The van der Waals surface area contributed by atoms with Crippen molar-refractivity contribution in [1.82, 2.24) is 0 Å². The summed E-state index contributed by atoms with van der Waals surface area (Å²) in [5.74, 6) is -0.237. The normalized spacial score (nSPS) is 11.6. The van der Waals surface area contributed by atoms with Gasteiger partial charge in [0.25, 0.3) is 12.2 Å². The van der Waals surface area contributed by atoms with E-state index in [9.17, 15) is 14.7 Å². The third kappa shape index (κ3) is 7.39. The largest absolute Gasteiger partial charge is 0.495 e. The molecule has 8 nitrogen and oxygen atoms in total. The van der Waals surface area contributed by atoms with E-state index < -0.39 is 18.2 Å². The summed E-state index contributed by atoms with van der Waals surface area (Å²) in [6, 6.07) is 10.6. The van der Waals surface area contributed by atoms with Gasteiger partial charge < -0.3 is 29.8 Å². The number of carbonyl (C=O) groups excluding carboxylic acids is 1. The van der Waals surface area contributed by atoms with Crippen molar-refractivity contribution >= 4 is 11.9 Å². The van der Waals surface area contributed by atoms with Gasteiger partial charge in [0.2, 0.25) is 0 Å². The van der Waals surface area contributed by atoms with Gasteiger partial charge in [-0.3, -0.25) is 4.79 Å². The molecule has 8 heteroatoms. The number of amides is 1. The molecule has 33 heavy (non-hydrogen) atoms. The summed E-state index contributed by atoms with van der Waals surface area (Å²) in [4.78, 5) is 23.3. The molecule has 1 unspecified atom stereocenters. The van der Waals surface area contributed by atoms with E-state index >= 15 is 0 Å². The van der Waals surface area contributed by atoms with Crippen molar-refractivity contribution in [2.24, 2.45) is 5.73 Å². The molecule has 0 radical (unpaired) electrons. The number of methoxy groups -OCH3 is 1. The number of nitrogens with two attached hydrogens (primary N) is 1. The minimum Gasteiger partial charge on any atom is -0.495 e. The number of aryl methyl sites for hydroxylation is 1. The van der Waals surface area contributed by atoms with Crippen molar-refractivity contribution in [3.05, 3.63) is 53.1 Å². The number of primary amides is 1. The summed E-state index contributed by atoms with van der Waals surface area (Å²) in [5, 5.41) is 9.48. The van der Waals surface area contributed by atoms with E-state index in [1.807, 2.05) is 26.0 Å². The van der Waals surface area contributed by atoms with Crippen LogP contribution in [0.25, 0.3) is 0 Å². The van der Waals surface area contributed by atoms with Crippen LogP contribution in [0.15, 0.2) is 36.4 Å². The van der Waals surface area contributed by atoms with Gasteiger partial charge in [-0.1, -0.05) is 44.9 Å². The van der Waals surface area contributed by atoms with Crippen molar-refractivity contribution in [3.8, 4) is 17.2 Å². The van der Waals surface area contributed by atoms with Crippen LogP contribution in [0.3, 0.4) is 0 Å². The Morgan fingerprint density at radius 2 is 1.73 bits per heavy atom. The molecule has 0 saturated carbocycles. The molecule has 0 heterocycles. The molecular formula is C25H33NO7. The molecule has 0 fully saturated rings. The molecule has 180 valence electrons. The minimum absolute atomic E-state index is 0.131. The Morgan fingerprint density at radius 3 is 2.36 bits per heavy atom. The number of hydrogen-bond donors (Lipinski definition) is 2. The number of hydrogen-bond acceptors (Lipinski definition) is 6. The Morgan fingerprint density at radius 1 is 1.00 bits per heavy atom. The lowest BCUT2D eigenvalue weighted by molar-refractivity contribution is -0.171. The number of para-hydroxylation sites is 1. The van der Waals surface area contributed by atoms with Crippen molar-refractivity contribution < 1.29 is 33.6 Å². The highest BCUT2D eigenvalue weighted by atomic mass is 16.7. The van der Waals surface area contributed by atoms with Crippen LogP contribution in [0.4, 0.5) is 0 Å². The standard InChI is InChI=1S/C25H33NO7/c1-4-9-17-11-6-7-12-20(17)33-25(24(28)29)32-16-8-15-31-21-14-13-19(23(26)27)22(30-3)18(21)10-5-2/h6-7,11-14,25H,4-5,8-10,15-16H2,1-3H3,(H2,26,27)(H,28,29). The molecule has 1 atom stereocenters. The highest BCUT2D eigenvalue weighted by Gasteiger charge is 2.22. The fourth-order valence-corrected chi connectivity index (χ4v) is 3.46. The summed E-state index contributed by atoms with van der Waals surface area (Å²) < 4.78 is 22.4. The predicted octanol–water partition coefficient (Wildman–Crippen LogP) is 3.97. The van der Waals surface area contributed by atoms with E-state index in [2.05, 4.69) is 0 Å². The molecule has 2 aromatic carbocycles. The average molecular weight is 460 g/mol. The van der Waals surface area contributed by atoms with Gasteiger partial charge in [-0.05, 0) is 36.6 Å². The second kappa shape index (κ2) is 13.3. The van der Waals surface area contributed by atoms with Crippen LogP contribution in [0.2, 0.25) is 0 Å². The molecule has 1 amide bonds. The number of benzene rings is 2. The third-order valence-corrected chi connectivity index (χ3v) is 4.93. The van der Waals surface area contributed by atoms with Crippen LogP contribution < -0.4 is 19.9 Å². The molecule has 2 aromatic rings. The second-order valence-electron chi connectivity index (χ2n) is 7.46. The van der Waals surface area contributed by atoms with Crippen LogP contribution in [0.5, 0.6) is 17.2 Å². The molecule has 2 rings (SSSR count). The molecule has 0 bridgehead atoms. The molecule has 0 saturated heterocycles. The molecule has 0 aliphatic carbocycles. The summed E-state index contributed by atoms with van der Waals surface area (Å²) in [6.45, 7) is 4.48. The molecule has 0 spiro atoms. The van der Waals surface area contributed by atoms with E-state index in [-0.39, 0.29) is 13.2 Å². The molecule has 0 aliphatic heterocycles. The van der Waals surface area contributed by atoms with Crippen LogP contribution in [-0.2, 0) is 22.4 Å². The maximum absolute atomic E-state index is 11.7. The zero-order chi connectivity index (χ0) is 24.2. The smallest absolute Gasteiger partial charge is 0.373 e. The van der Waals surface area contributed by atoms with Gasteiger partial charge in [-0.2, -0.15) is 0 Å². The van der Waals surface area contributed by atoms with Crippen LogP contribution in [0.1, 0.15) is 54.6 Å². The van der Waals surface area contributed by atoms with Gasteiger partial charge in [0.15, 0.2) is 0 Å². The molecule has 3 N–H and O–H groups in total. The lowest BCUT2D eigenvalue weighted by Crippen LogP contribution is -2.31.